The minimum absolute atomic E-state index is 0.344. The maximum atomic E-state index is 4.82. The summed E-state index contributed by atoms with van der Waals surface area (Å²) in [5.41, 5.74) is 0. The molecule has 0 saturated heterocycles. The highest BCUT2D eigenvalue weighted by molar-refractivity contribution is 4.69. The summed E-state index contributed by atoms with van der Waals surface area (Å²) in [6.45, 7) is 2.39. The molecule has 0 atom stereocenters. The molecule has 0 aromatic rings. The van der Waals surface area contributed by atoms with Crippen molar-refractivity contribution in [1.29, 1.82) is 0 Å². The lowest BCUT2D eigenvalue weighted by Gasteiger charge is -1.94. The van der Waals surface area contributed by atoms with Gasteiger partial charge in [0.25, 0.3) is 0 Å². The molecule has 0 fully saturated rings. The Morgan fingerprint density at radius 1 is 1.50 bits per heavy atom. The van der Waals surface area contributed by atoms with Gasteiger partial charge in [-0.2, -0.15) is 0 Å². The zero-order valence-electron chi connectivity index (χ0n) is 5.39. The van der Waals surface area contributed by atoms with E-state index in [0.29, 0.717) is 6.79 Å². The van der Waals surface area contributed by atoms with Crippen LogP contribution in [0, 0.1) is 0 Å². The number of hydrogen-bond donors (Lipinski definition) is 0. The van der Waals surface area contributed by atoms with Crippen LogP contribution in [0.5, 0.6) is 0 Å². The molecule has 0 amide bonds. The number of hydrogen-bond acceptors (Lipinski definition) is 2. The molecule has 0 radical (unpaired) electrons. The highest BCUT2D eigenvalue weighted by Gasteiger charge is 1.70. The lowest BCUT2D eigenvalue weighted by molar-refractivity contribution is 0.0196. The van der Waals surface area contributed by atoms with Gasteiger partial charge in [-0.3, -0.25) is 0 Å². The Balaban J connectivity index is 2.80. The van der Waals surface area contributed by atoms with Crippen molar-refractivity contribution in [1.82, 2.24) is 0 Å². The number of methoxy groups -OCH3 is 1. The van der Waals surface area contributed by atoms with Gasteiger partial charge >= 0.3 is 0 Å². The maximum Gasteiger partial charge on any atom is 0.187 e. The van der Waals surface area contributed by atoms with Gasteiger partial charge in [0.15, 0.2) is 6.79 Å². The number of ether oxygens (including phenoxy) is 2. The van der Waals surface area contributed by atoms with Crippen molar-refractivity contribution in [2.45, 2.75) is 13.3 Å². The smallest absolute Gasteiger partial charge is 0.187 e. The second-order valence-corrected chi connectivity index (χ2v) is 1.35. The number of allylic oxidation sites excluding steroid dienone is 1. The van der Waals surface area contributed by atoms with E-state index >= 15 is 0 Å². The van der Waals surface area contributed by atoms with Crippen LogP contribution in [0.3, 0.4) is 0 Å². The number of rotatable bonds is 4. The Morgan fingerprint density at radius 2 is 2.25 bits per heavy atom. The fourth-order valence-electron chi connectivity index (χ4n) is 0.272. The third-order valence-corrected chi connectivity index (χ3v) is 0.614. The zero-order valence-corrected chi connectivity index (χ0v) is 5.39. The topological polar surface area (TPSA) is 18.5 Å². The summed E-state index contributed by atoms with van der Waals surface area (Å²) in [4.78, 5) is 0. The van der Waals surface area contributed by atoms with Crippen LogP contribution >= 0.6 is 0 Å². The van der Waals surface area contributed by atoms with Gasteiger partial charge in [-0.05, 0) is 12.5 Å². The molecule has 0 spiro atoms. The van der Waals surface area contributed by atoms with Crippen molar-refractivity contribution in [3.63, 3.8) is 0 Å². The lowest BCUT2D eigenvalue weighted by atomic mass is 10.5. The van der Waals surface area contributed by atoms with E-state index in [1.54, 1.807) is 13.4 Å². The molecule has 0 saturated carbocycles. The lowest BCUT2D eigenvalue weighted by Crippen LogP contribution is -1.87. The predicted octanol–water partition coefficient (Wildman–Crippen LogP) is 1.53. The molecular formula is C6H12O2. The second kappa shape index (κ2) is 6.50. The summed E-state index contributed by atoms with van der Waals surface area (Å²) in [6, 6.07) is 0. The van der Waals surface area contributed by atoms with Gasteiger partial charge in [-0.15, -0.1) is 0 Å². The molecule has 0 unspecified atom stereocenters. The van der Waals surface area contributed by atoms with Crippen LogP contribution in [0.25, 0.3) is 0 Å². The molecule has 0 aromatic heterocycles. The van der Waals surface area contributed by atoms with E-state index in [1.165, 1.54) is 0 Å². The summed E-state index contributed by atoms with van der Waals surface area (Å²) in [5, 5.41) is 0. The van der Waals surface area contributed by atoms with E-state index < -0.39 is 0 Å². The molecule has 0 aliphatic heterocycles. The second-order valence-electron chi connectivity index (χ2n) is 1.35. The first-order chi connectivity index (χ1) is 3.91. The minimum Gasteiger partial charge on any atom is -0.476 e. The molecule has 0 aromatic carbocycles. The zero-order chi connectivity index (χ0) is 6.24. The molecule has 0 aliphatic carbocycles. The largest absolute Gasteiger partial charge is 0.476 e. The first-order valence-corrected chi connectivity index (χ1v) is 2.67. The van der Waals surface area contributed by atoms with Crippen LogP contribution in [0.15, 0.2) is 12.3 Å². The molecule has 0 N–H and O–H groups in total. The average Bonchev–Trinajstić information content (AvgIpc) is 1.81. The van der Waals surface area contributed by atoms with Crippen molar-refractivity contribution in [3.8, 4) is 0 Å². The normalized spacial score (nSPS) is 10.2. The molecule has 8 heavy (non-hydrogen) atoms. The van der Waals surface area contributed by atoms with Gasteiger partial charge in [0.05, 0.1) is 6.26 Å². The molecule has 0 aliphatic rings. The third-order valence-electron chi connectivity index (χ3n) is 0.614. The van der Waals surface area contributed by atoms with Gasteiger partial charge in [0, 0.05) is 7.11 Å². The molecule has 48 valence electrons. The van der Waals surface area contributed by atoms with E-state index in [0.717, 1.165) is 6.42 Å². The predicted molar refractivity (Wildman–Crippen MR) is 32.4 cm³/mol. The van der Waals surface area contributed by atoms with Crippen molar-refractivity contribution in [2.24, 2.45) is 0 Å². The standard InChI is InChI=1S/C6H12O2/c1-3-4-5-8-6-7-2/h4-5H,3,6H2,1-2H3/b5-4+. The first-order valence-electron chi connectivity index (χ1n) is 2.67. The average molecular weight is 116 g/mol. The van der Waals surface area contributed by atoms with Crippen LogP contribution < -0.4 is 0 Å². The summed E-state index contributed by atoms with van der Waals surface area (Å²) < 4.78 is 9.44. The summed E-state index contributed by atoms with van der Waals surface area (Å²) >= 11 is 0. The molecular weight excluding hydrogens is 104 g/mol. The van der Waals surface area contributed by atoms with Gasteiger partial charge < -0.3 is 9.47 Å². The SMILES string of the molecule is CC/C=C/OCOC. The Labute approximate surface area is 50.1 Å². The van der Waals surface area contributed by atoms with Crippen LogP contribution in [-0.2, 0) is 9.47 Å². The first kappa shape index (κ1) is 7.50. The van der Waals surface area contributed by atoms with Crippen LogP contribution in [0.1, 0.15) is 13.3 Å². The summed E-state index contributed by atoms with van der Waals surface area (Å²) in [7, 11) is 1.60. The van der Waals surface area contributed by atoms with Crippen molar-refractivity contribution >= 4 is 0 Å². The van der Waals surface area contributed by atoms with E-state index in [4.69, 9.17) is 4.74 Å². The van der Waals surface area contributed by atoms with Crippen molar-refractivity contribution < 1.29 is 9.47 Å². The highest BCUT2D eigenvalue weighted by Crippen LogP contribution is 1.80. The summed E-state index contributed by atoms with van der Waals surface area (Å²) in [6.07, 6.45) is 4.58. The monoisotopic (exact) mass is 116 g/mol. The van der Waals surface area contributed by atoms with E-state index in [2.05, 4.69) is 4.74 Å². The Bertz CT molecular complexity index is 59.5. The maximum absolute atomic E-state index is 4.82. The minimum atomic E-state index is 0.344. The van der Waals surface area contributed by atoms with Crippen LogP contribution in [-0.4, -0.2) is 13.9 Å². The van der Waals surface area contributed by atoms with E-state index in [9.17, 15) is 0 Å². The van der Waals surface area contributed by atoms with Gasteiger partial charge in [0.2, 0.25) is 0 Å². The van der Waals surface area contributed by atoms with Gasteiger partial charge in [-0.25, -0.2) is 0 Å². The molecule has 0 heterocycles. The summed E-state index contributed by atoms with van der Waals surface area (Å²) in [5.74, 6) is 0. The van der Waals surface area contributed by atoms with E-state index in [-0.39, 0.29) is 0 Å². The van der Waals surface area contributed by atoms with Gasteiger partial charge in [-0.1, -0.05) is 6.92 Å². The Kier molecular flexibility index (Phi) is 6.09. The Hall–Kier alpha value is -0.500. The van der Waals surface area contributed by atoms with Gasteiger partial charge in [0.1, 0.15) is 0 Å². The van der Waals surface area contributed by atoms with Crippen molar-refractivity contribution in [3.05, 3.63) is 12.3 Å². The molecule has 2 heteroatoms. The van der Waals surface area contributed by atoms with Crippen molar-refractivity contribution in [2.75, 3.05) is 13.9 Å². The molecule has 0 bridgehead atoms. The highest BCUT2D eigenvalue weighted by atomic mass is 16.7. The third kappa shape index (κ3) is 5.50. The van der Waals surface area contributed by atoms with Crippen LogP contribution in [0.4, 0.5) is 0 Å². The van der Waals surface area contributed by atoms with E-state index in [1.807, 2.05) is 13.0 Å². The quantitative estimate of drug-likeness (QED) is 0.315. The fourth-order valence-corrected chi connectivity index (χ4v) is 0.272. The molecule has 0 rings (SSSR count). The fraction of sp³-hybridized carbons (Fsp3) is 0.667. The molecule has 2 nitrogen and oxygen atoms in total. The Morgan fingerprint density at radius 3 is 2.75 bits per heavy atom. The van der Waals surface area contributed by atoms with Crippen LogP contribution in [0.2, 0.25) is 0 Å².